The molecule has 140 valence electrons. The Balaban J connectivity index is 1.64. The van der Waals surface area contributed by atoms with E-state index in [4.69, 9.17) is 4.42 Å². The highest BCUT2D eigenvalue weighted by molar-refractivity contribution is 7.89. The van der Waals surface area contributed by atoms with Crippen LogP contribution in [0, 0.1) is 0 Å². The van der Waals surface area contributed by atoms with Gasteiger partial charge in [0.15, 0.2) is 0 Å². The average Bonchev–Trinajstić information content (AvgIpc) is 3.31. The first kappa shape index (κ1) is 18.7. The standard InChI is InChI=1S/C19H24N2O4S/c1-14(18-4-3-13-25-18)21(16-8-9-16)19(22)12-7-15-5-10-17(11-6-15)26(23,24)20-2/h3-6,10-11,13-14,16,20H,7-9,12H2,1-2H3. The fourth-order valence-corrected chi connectivity index (χ4v) is 3.82. The number of sulfonamides is 1. The van der Waals surface area contributed by atoms with Crippen molar-refractivity contribution in [2.45, 2.75) is 49.6 Å². The van der Waals surface area contributed by atoms with Crippen LogP contribution >= 0.6 is 0 Å². The molecule has 1 amide bonds. The van der Waals surface area contributed by atoms with Crippen molar-refractivity contribution in [3.05, 3.63) is 54.0 Å². The first-order valence-corrected chi connectivity index (χ1v) is 10.3. The number of carbonyl (C=O) groups is 1. The number of rotatable bonds is 8. The van der Waals surface area contributed by atoms with E-state index in [-0.39, 0.29) is 16.8 Å². The Kier molecular flexibility index (Phi) is 5.48. The molecule has 26 heavy (non-hydrogen) atoms. The number of nitrogens with one attached hydrogen (secondary N) is 1. The van der Waals surface area contributed by atoms with Gasteiger partial charge in [0, 0.05) is 12.5 Å². The number of carbonyl (C=O) groups excluding carboxylic acids is 1. The summed E-state index contributed by atoms with van der Waals surface area (Å²) in [6, 6.07) is 10.6. The average molecular weight is 376 g/mol. The van der Waals surface area contributed by atoms with Crippen LogP contribution in [0.3, 0.4) is 0 Å². The van der Waals surface area contributed by atoms with Crippen molar-refractivity contribution in [3.8, 4) is 0 Å². The Labute approximate surface area is 154 Å². The normalized spacial score (nSPS) is 15.6. The molecule has 1 atom stereocenters. The Morgan fingerprint density at radius 2 is 1.96 bits per heavy atom. The topological polar surface area (TPSA) is 79.6 Å². The molecule has 6 nitrogen and oxygen atoms in total. The number of furan rings is 1. The molecular formula is C19H24N2O4S. The fourth-order valence-electron chi connectivity index (χ4n) is 3.09. The van der Waals surface area contributed by atoms with Gasteiger partial charge in [-0.3, -0.25) is 4.79 Å². The van der Waals surface area contributed by atoms with Crippen LogP contribution in [-0.4, -0.2) is 32.3 Å². The highest BCUT2D eigenvalue weighted by Gasteiger charge is 2.36. The largest absolute Gasteiger partial charge is 0.467 e. The van der Waals surface area contributed by atoms with Crippen molar-refractivity contribution in [3.63, 3.8) is 0 Å². The van der Waals surface area contributed by atoms with Gasteiger partial charge in [-0.15, -0.1) is 0 Å². The molecule has 1 heterocycles. The van der Waals surface area contributed by atoms with E-state index in [9.17, 15) is 13.2 Å². The van der Waals surface area contributed by atoms with E-state index < -0.39 is 10.0 Å². The zero-order valence-electron chi connectivity index (χ0n) is 15.0. The third-order valence-electron chi connectivity index (χ3n) is 4.73. The van der Waals surface area contributed by atoms with Gasteiger partial charge in [0.1, 0.15) is 5.76 Å². The predicted molar refractivity (Wildman–Crippen MR) is 98.0 cm³/mol. The summed E-state index contributed by atoms with van der Waals surface area (Å²) in [6.45, 7) is 1.99. The lowest BCUT2D eigenvalue weighted by atomic mass is 10.1. The summed E-state index contributed by atoms with van der Waals surface area (Å²) >= 11 is 0. The van der Waals surface area contributed by atoms with Crippen molar-refractivity contribution in [2.24, 2.45) is 0 Å². The number of aryl methyl sites for hydroxylation is 1. The Morgan fingerprint density at radius 3 is 2.50 bits per heavy atom. The van der Waals surface area contributed by atoms with Gasteiger partial charge in [0.05, 0.1) is 17.2 Å². The van der Waals surface area contributed by atoms with E-state index in [1.54, 1.807) is 30.5 Å². The van der Waals surface area contributed by atoms with Gasteiger partial charge in [-0.25, -0.2) is 13.1 Å². The van der Waals surface area contributed by atoms with Crippen LogP contribution in [0.1, 0.15) is 43.6 Å². The van der Waals surface area contributed by atoms with Crippen LogP contribution in [0.2, 0.25) is 0 Å². The Bertz CT molecular complexity index is 840. The second-order valence-corrected chi connectivity index (χ2v) is 8.46. The molecule has 1 aliphatic carbocycles. The summed E-state index contributed by atoms with van der Waals surface area (Å²) in [5.74, 6) is 0.898. The zero-order chi connectivity index (χ0) is 18.7. The highest BCUT2D eigenvalue weighted by Crippen LogP contribution is 2.35. The van der Waals surface area contributed by atoms with E-state index in [1.165, 1.54) is 7.05 Å². The lowest BCUT2D eigenvalue weighted by molar-refractivity contribution is -0.134. The van der Waals surface area contributed by atoms with Gasteiger partial charge < -0.3 is 9.32 Å². The minimum absolute atomic E-state index is 0.0758. The molecule has 0 radical (unpaired) electrons. The number of amides is 1. The summed E-state index contributed by atoms with van der Waals surface area (Å²) in [5.41, 5.74) is 0.940. The molecule has 0 aliphatic heterocycles. The van der Waals surface area contributed by atoms with E-state index in [2.05, 4.69) is 4.72 Å². The van der Waals surface area contributed by atoms with Crippen molar-refractivity contribution < 1.29 is 17.6 Å². The van der Waals surface area contributed by atoms with Crippen LogP contribution in [0.15, 0.2) is 52.0 Å². The van der Waals surface area contributed by atoms with Crippen LogP contribution in [0.5, 0.6) is 0 Å². The Hall–Kier alpha value is -2.12. The molecule has 0 spiro atoms. The summed E-state index contributed by atoms with van der Waals surface area (Å²) < 4.78 is 31.3. The van der Waals surface area contributed by atoms with Crippen LogP contribution in [0.4, 0.5) is 0 Å². The summed E-state index contributed by atoms with van der Waals surface area (Å²) in [6.07, 6.45) is 4.66. The summed E-state index contributed by atoms with van der Waals surface area (Å²) in [5, 5.41) is 0. The summed E-state index contributed by atoms with van der Waals surface area (Å²) in [7, 11) is -2.05. The molecule has 1 saturated carbocycles. The first-order chi connectivity index (χ1) is 12.4. The molecule has 2 aromatic rings. The second-order valence-electron chi connectivity index (χ2n) is 6.58. The van der Waals surface area contributed by atoms with E-state index in [0.29, 0.717) is 18.9 Å². The van der Waals surface area contributed by atoms with Crippen LogP contribution in [-0.2, 0) is 21.2 Å². The molecule has 0 saturated heterocycles. The maximum Gasteiger partial charge on any atom is 0.240 e. The van der Waals surface area contributed by atoms with Gasteiger partial charge in [0.2, 0.25) is 15.9 Å². The number of hydrogen-bond donors (Lipinski definition) is 1. The van der Waals surface area contributed by atoms with Crippen molar-refractivity contribution in [1.29, 1.82) is 0 Å². The molecule has 1 aromatic heterocycles. The minimum Gasteiger partial charge on any atom is -0.467 e. The molecule has 1 fully saturated rings. The molecule has 3 rings (SSSR count). The lowest BCUT2D eigenvalue weighted by Crippen LogP contribution is -2.35. The van der Waals surface area contributed by atoms with Gasteiger partial charge in [0.25, 0.3) is 0 Å². The number of hydrogen-bond acceptors (Lipinski definition) is 4. The predicted octanol–water partition coefficient (Wildman–Crippen LogP) is 2.87. The minimum atomic E-state index is -3.43. The first-order valence-electron chi connectivity index (χ1n) is 8.79. The van der Waals surface area contributed by atoms with Crippen LogP contribution in [0.25, 0.3) is 0 Å². The Morgan fingerprint density at radius 1 is 1.27 bits per heavy atom. The van der Waals surface area contributed by atoms with Crippen molar-refractivity contribution in [1.82, 2.24) is 9.62 Å². The third-order valence-corrected chi connectivity index (χ3v) is 6.16. The molecule has 1 unspecified atom stereocenters. The molecular weight excluding hydrogens is 352 g/mol. The smallest absolute Gasteiger partial charge is 0.240 e. The monoisotopic (exact) mass is 376 g/mol. The van der Waals surface area contributed by atoms with Crippen LogP contribution < -0.4 is 4.72 Å². The van der Waals surface area contributed by atoms with Gasteiger partial charge in [-0.1, -0.05) is 12.1 Å². The SMILES string of the molecule is CNS(=O)(=O)c1ccc(CCC(=O)N(C2CC2)C(C)c2ccco2)cc1. The van der Waals surface area contributed by atoms with Gasteiger partial charge in [-0.2, -0.15) is 0 Å². The number of nitrogens with zero attached hydrogens (tertiary/aromatic N) is 1. The van der Waals surface area contributed by atoms with Gasteiger partial charge in [-0.05, 0) is 63.1 Å². The van der Waals surface area contributed by atoms with E-state index in [0.717, 1.165) is 24.2 Å². The molecule has 0 bridgehead atoms. The highest BCUT2D eigenvalue weighted by atomic mass is 32.2. The van der Waals surface area contributed by atoms with Crippen molar-refractivity contribution in [2.75, 3.05) is 7.05 Å². The number of benzene rings is 1. The lowest BCUT2D eigenvalue weighted by Gasteiger charge is -2.28. The third kappa shape index (κ3) is 4.16. The fraction of sp³-hybridized carbons (Fsp3) is 0.421. The second kappa shape index (κ2) is 7.63. The van der Waals surface area contributed by atoms with E-state index in [1.807, 2.05) is 24.0 Å². The molecule has 7 heteroatoms. The van der Waals surface area contributed by atoms with Gasteiger partial charge >= 0.3 is 0 Å². The maximum atomic E-state index is 12.8. The zero-order valence-corrected chi connectivity index (χ0v) is 15.8. The van der Waals surface area contributed by atoms with E-state index >= 15 is 0 Å². The van der Waals surface area contributed by atoms with Crippen molar-refractivity contribution >= 4 is 15.9 Å². The molecule has 1 aromatic carbocycles. The maximum absolute atomic E-state index is 12.8. The molecule has 1 N–H and O–H groups in total. The molecule has 1 aliphatic rings. The quantitative estimate of drug-likeness (QED) is 0.768. The summed E-state index contributed by atoms with van der Waals surface area (Å²) in [4.78, 5) is 14.9.